The van der Waals surface area contributed by atoms with E-state index in [4.69, 9.17) is 0 Å². The molecule has 2 aromatic carbocycles. The van der Waals surface area contributed by atoms with Crippen molar-refractivity contribution in [3.63, 3.8) is 0 Å². The Hall–Kier alpha value is -2.67. The highest BCUT2D eigenvalue weighted by atomic mass is 79.9. The SMILES string of the molecule is CCc1ccc(N2C[C@H](C(=O)NNC(=O)c3cccc(Br)c3)CC2=O)cc1. The molecule has 1 aliphatic rings. The van der Waals surface area contributed by atoms with E-state index in [-0.39, 0.29) is 18.2 Å². The Kier molecular flexibility index (Phi) is 5.91. The predicted octanol–water partition coefficient (Wildman–Crippen LogP) is 2.83. The maximum Gasteiger partial charge on any atom is 0.269 e. The van der Waals surface area contributed by atoms with Crippen LogP contribution in [0.3, 0.4) is 0 Å². The minimum Gasteiger partial charge on any atom is -0.312 e. The maximum atomic E-state index is 12.4. The fourth-order valence-electron chi connectivity index (χ4n) is 2.97. The van der Waals surface area contributed by atoms with Crippen LogP contribution in [0, 0.1) is 5.92 Å². The van der Waals surface area contributed by atoms with Crippen molar-refractivity contribution in [2.45, 2.75) is 19.8 Å². The van der Waals surface area contributed by atoms with Crippen LogP contribution in [-0.4, -0.2) is 24.3 Å². The van der Waals surface area contributed by atoms with Crippen LogP contribution in [0.25, 0.3) is 0 Å². The van der Waals surface area contributed by atoms with Crippen LogP contribution in [0.4, 0.5) is 5.69 Å². The maximum absolute atomic E-state index is 12.4. The van der Waals surface area contributed by atoms with E-state index in [2.05, 4.69) is 33.7 Å². The third-order valence-electron chi connectivity index (χ3n) is 4.54. The van der Waals surface area contributed by atoms with Gasteiger partial charge in [0.15, 0.2) is 0 Å². The molecule has 6 nitrogen and oxygen atoms in total. The van der Waals surface area contributed by atoms with Crippen LogP contribution in [-0.2, 0) is 16.0 Å². The van der Waals surface area contributed by atoms with Crippen molar-refractivity contribution in [2.75, 3.05) is 11.4 Å². The number of rotatable bonds is 4. The van der Waals surface area contributed by atoms with Crippen LogP contribution in [0.15, 0.2) is 53.0 Å². The zero-order valence-corrected chi connectivity index (χ0v) is 16.5. The molecule has 27 heavy (non-hydrogen) atoms. The van der Waals surface area contributed by atoms with E-state index < -0.39 is 11.8 Å². The summed E-state index contributed by atoms with van der Waals surface area (Å²) in [4.78, 5) is 38.4. The average molecular weight is 430 g/mol. The molecule has 1 saturated heterocycles. The number of nitrogens with zero attached hydrogens (tertiary/aromatic N) is 1. The smallest absolute Gasteiger partial charge is 0.269 e. The van der Waals surface area contributed by atoms with E-state index in [0.29, 0.717) is 12.1 Å². The average Bonchev–Trinajstić information content (AvgIpc) is 3.07. The molecule has 1 fully saturated rings. The summed E-state index contributed by atoms with van der Waals surface area (Å²) in [5, 5.41) is 0. The van der Waals surface area contributed by atoms with Crippen molar-refractivity contribution >= 4 is 39.3 Å². The van der Waals surface area contributed by atoms with Gasteiger partial charge in [-0.05, 0) is 42.3 Å². The first kappa shape index (κ1) is 19.1. The van der Waals surface area contributed by atoms with Crippen LogP contribution in [0.1, 0.15) is 29.3 Å². The summed E-state index contributed by atoms with van der Waals surface area (Å²) in [6.45, 7) is 2.36. The van der Waals surface area contributed by atoms with Gasteiger partial charge in [0.2, 0.25) is 11.8 Å². The second-order valence-electron chi connectivity index (χ2n) is 6.38. The number of carbonyl (C=O) groups is 3. The van der Waals surface area contributed by atoms with Crippen molar-refractivity contribution < 1.29 is 14.4 Å². The standard InChI is InChI=1S/C20H20BrN3O3/c1-2-13-6-8-17(9-7-13)24-12-15(11-18(24)25)20(27)23-22-19(26)14-4-3-5-16(21)10-14/h3-10,15H,2,11-12H2,1H3,(H,22,26)(H,23,27)/t15-/m1/s1. The number of aryl methyl sites for hydroxylation is 1. The minimum atomic E-state index is -0.508. The first-order valence-electron chi connectivity index (χ1n) is 8.73. The molecule has 0 radical (unpaired) electrons. The van der Waals surface area contributed by atoms with Crippen LogP contribution >= 0.6 is 15.9 Å². The van der Waals surface area contributed by atoms with Crippen LogP contribution < -0.4 is 15.8 Å². The Morgan fingerprint density at radius 1 is 1.15 bits per heavy atom. The lowest BCUT2D eigenvalue weighted by atomic mass is 10.1. The third-order valence-corrected chi connectivity index (χ3v) is 5.03. The summed E-state index contributed by atoms with van der Waals surface area (Å²) in [5.74, 6) is -1.40. The normalized spacial score (nSPS) is 16.3. The molecular formula is C20H20BrN3O3. The number of hydrazine groups is 1. The number of nitrogens with one attached hydrogen (secondary N) is 2. The summed E-state index contributed by atoms with van der Waals surface area (Å²) in [5.41, 5.74) is 7.21. The molecule has 0 unspecified atom stereocenters. The fraction of sp³-hybridized carbons (Fsp3) is 0.250. The van der Waals surface area contributed by atoms with Gasteiger partial charge in [0.05, 0.1) is 5.92 Å². The molecule has 1 heterocycles. The Balaban J connectivity index is 1.57. The van der Waals surface area contributed by atoms with Gasteiger partial charge in [0.25, 0.3) is 5.91 Å². The van der Waals surface area contributed by atoms with Gasteiger partial charge in [-0.2, -0.15) is 0 Å². The number of benzene rings is 2. The number of hydrogen-bond donors (Lipinski definition) is 2. The van der Waals surface area contributed by atoms with E-state index >= 15 is 0 Å². The highest BCUT2D eigenvalue weighted by Crippen LogP contribution is 2.25. The number of amides is 3. The molecule has 0 aromatic heterocycles. The molecule has 1 aliphatic heterocycles. The zero-order chi connectivity index (χ0) is 19.4. The molecule has 0 aliphatic carbocycles. The highest BCUT2D eigenvalue weighted by molar-refractivity contribution is 9.10. The number of hydrogen-bond acceptors (Lipinski definition) is 3. The lowest BCUT2D eigenvalue weighted by Gasteiger charge is -2.17. The van der Waals surface area contributed by atoms with Gasteiger partial charge in [0.1, 0.15) is 0 Å². The van der Waals surface area contributed by atoms with Gasteiger partial charge in [-0.15, -0.1) is 0 Å². The van der Waals surface area contributed by atoms with Crippen molar-refractivity contribution in [2.24, 2.45) is 5.92 Å². The van der Waals surface area contributed by atoms with Gasteiger partial charge < -0.3 is 4.90 Å². The lowest BCUT2D eigenvalue weighted by molar-refractivity contribution is -0.126. The van der Waals surface area contributed by atoms with Gasteiger partial charge in [0, 0.05) is 28.7 Å². The van der Waals surface area contributed by atoms with Crippen LogP contribution in [0.2, 0.25) is 0 Å². The van der Waals surface area contributed by atoms with E-state index in [1.54, 1.807) is 29.2 Å². The first-order chi connectivity index (χ1) is 13.0. The Morgan fingerprint density at radius 3 is 2.56 bits per heavy atom. The van der Waals surface area contributed by atoms with Crippen molar-refractivity contribution in [3.8, 4) is 0 Å². The molecule has 1 atom stereocenters. The van der Waals surface area contributed by atoms with E-state index in [1.165, 1.54) is 5.56 Å². The van der Waals surface area contributed by atoms with Crippen LogP contribution in [0.5, 0.6) is 0 Å². The number of halogens is 1. The topological polar surface area (TPSA) is 78.5 Å². The minimum absolute atomic E-state index is 0.0993. The lowest BCUT2D eigenvalue weighted by Crippen LogP contribution is -2.45. The number of carbonyl (C=O) groups excluding carboxylic acids is 3. The van der Waals surface area contributed by atoms with E-state index in [9.17, 15) is 14.4 Å². The molecule has 140 valence electrons. The molecule has 3 amide bonds. The van der Waals surface area contributed by atoms with Gasteiger partial charge in [-0.1, -0.05) is 41.1 Å². The van der Waals surface area contributed by atoms with Gasteiger partial charge in [-0.3, -0.25) is 25.2 Å². The zero-order valence-electron chi connectivity index (χ0n) is 14.9. The molecule has 0 spiro atoms. The molecule has 7 heteroatoms. The molecule has 2 aromatic rings. The Morgan fingerprint density at radius 2 is 1.89 bits per heavy atom. The first-order valence-corrected chi connectivity index (χ1v) is 9.52. The molecular weight excluding hydrogens is 410 g/mol. The Labute approximate surface area is 166 Å². The summed E-state index contributed by atoms with van der Waals surface area (Å²) >= 11 is 3.30. The third kappa shape index (κ3) is 4.54. The summed E-state index contributed by atoms with van der Waals surface area (Å²) in [6, 6.07) is 14.6. The molecule has 0 bridgehead atoms. The molecule has 2 N–H and O–H groups in total. The summed E-state index contributed by atoms with van der Waals surface area (Å²) < 4.78 is 0.771. The van der Waals surface area contributed by atoms with E-state index in [1.807, 2.05) is 24.3 Å². The highest BCUT2D eigenvalue weighted by Gasteiger charge is 2.35. The quantitative estimate of drug-likeness (QED) is 0.733. The second-order valence-corrected chi connectivity index (χ2v) is 7.29. The monoisotopic (exact) mass is 429 g/mol. The largest absolute Gasteiger partial charge is 0.312 e. The molecule has 3 rings (SSSR count). The van der Waals surface area contributed by atoms with E-state index in [0.717, 1.165) is 16.6 Å². The summed E-state index contributed by atoms with van der Waals surface area (Å²) in [6.07, 6.45) is 1.05. The second kappa shape index (κ2) is 8.35. The summed E-state index contributed by atoms with van der Waals surface area (Å²) in [7, 11) is 0. The van der Waals surface area contributed by atoms with Crippen molar-refractivity contribution in [1.82, 2.24) is 10.9 Å². The van der Waals surface area contributed by atoms with Gasteiger partial charge in [-0.25, -0.2) is 0 Å². The predicted molar refractivity (Wildman–Crippen MR) is 106 cm³/mol. The van der Waals surface area contributed by atoms with Gasteiger partial charge >= 0.3 is 0 Å². The number of anilines is 1. The van der Waals surface area contributed by atoms with Crippen molar-refractivity contribution in [3.05, 3.63) is 64.1 Å². The fourth-order valence-corrected chi connectivity index (χ4v) is 3.37. The molecule has 0 saturated carbocycles. The van der Waals surface area contributed by atoms with Crippen molar-refractivity contribution in [1.29, 1.82) is 0 Å². The Bertz CT molecular complexity index is 867.